The molecule has 3 N–H and O–H groups in total. The molecular weight excluding hydrogens is 527 g/mol. The molecule has 36 heavy (non-hydrogen) atoms. The lowest BCUT2D eigenvalue weighted by molar-refractivity contribution is 0.0998. The Labute approximate surface area is 210 Å². The average Bonchev–Trinajstić information content (AvgIpc) is 3.15. The predicted molar refractivity (Wildman–Crippen MR) is 135 cm³/mol. The molecule has 0 fully saturated rings. The van der Waals surface area contributed by atoms with Crippen LogP contribution in [0.1, 0.15) is 10.4 Å². The summed E-state index contributed by atoms with van der Waals surface area (Å²) in [4.78, 5) is 17.2. The maximum Gasteiger partial charge on any atom is 0.279 e. The predicted octanol–water partition coefficient (Wildman–Crippen LogP) is 3.22. The monoisotopic (exact) mass is 546 g/mol. The summed E-state index contributed by atoms with van der Waals surface area (Å²) in [7, 11) is -7.92. The molecule has 0 radical (unpaired) electrons. The zero-order valence-corrected chi connectivity index (χ0v) is 20.9. The van der Waals surface area contributed by atoms with E-state index in [1.54, 1.807) is 16.7 Å². The van der Waals surface area contributed by atoms with Crippen molar-refractivity contribution in [1.82, 2.24) is 4.57 Å². The smallest absolute Gasteiger partial charge is 0.279 e. The molecule has 1 heterocycles. The van der Waals surface area contributed by atoms with E-state index in [-0.39, 0.29) is 21.0 Å². The second kappa shape index (κ2) is 9.78. The van der Waals surface area contributed by atoms with E-state index >= 15 is 0 Å². The van der Waals surface area contributed by atoms with Gasteiger partial charge in [0.05, 0.1) is 20.0 Å². The quantitative estimate of drug-likeness (QED) is 0.343. The van der Waals surface area contributed by atoms with E-state index in [1.165, 1.54) is 36.4 Å². The van der Waals surface area contributed by atoms with Crippen LogP contribution in [-0.2, 0) is 26.6 Å². The standard InChI is InChI=1S/C23H19FN4O5S3/c1-2-12-28-20-11-10-19(35(25,30)31)14-21(20)34-23(28)26-22(29)15-4-3-5-17(13-15)27-36(32,33)18-8-6-16(24)7-9-18/h2-11,13-14,27H,1,12H2,(H2,25,30,31). The minimum absolute atomic E-state index is 0.0685. The Morgan fingerprint density at radius 1 is 1.06 bits per heavy atom. The first-order chi connectivity index (χ1) is 17.0. The summed E-state index contributed by atoms with van der Waals surface area (Å²) in [5.74, 6) is -1.21. The number of fused-ring (bicyclic) bond motifs is 1. The van der Waals surface area contributed by atoms with Crippen LogP contribution in [0.5, 0.6) is 0 Å². The molecule has 0 saturated heterocycles. The number of carbonyl (C=O) groups excluding carboxylic acids is 1. The molecule has 1 amide bonds. The molecule has 4 aromatic rings. The number of nitrogens with two attached hydrogens (primary N) is 1. The van der Waals surface area contributed by atoms with Gasteiger partial charge in [-0.3, -0.25) is 9.52 Å². The Balaban J connectivity index is 1.70. The lowest BCUT2D eigenvalue weighted by Crippen LogP contribution is -2.16. The van der Waals surface area contributed by atoms with Crippen LogP contribution in [0.2, 0.25) is 0 Å². The summed E-state index contributed by atoms with van der Waals surface area (Å²) < 4.78 is 66.3. The maximum atomic E-state index is 13.1. The first kappa shape index (κ1) is 25.4. The third kappa shape index (κ3) is 5.44. The highest BCUT2D eigenvalue weighted by Gasteiger charge is 2.16. The largest absolute Gasteiger partial charge is 0.312 e. The summed E-state index contributed by atoms with van der Waals surface area (Å²) in [5.41, 5.74) is 0.871. The van der Waals surface area contributed by atoms with Crippen LogP contribution in [0.3, 0.4) is 0 Å². The first-order valence-corrected chi connectivity index (χ1v) is 14.1. The summed E-state index contributed by atoms with van der Waals surface area (Å²) in [6, 6.07) is 14.4. The van der Waals surface area contributed by atoms with Crippen LogP contribution in [0.25, 0.3) is 10.2 Å². The molecule has 186 valence electrons. The normalized spacial score (nSPS) is 12.6. The van der Waals surface area contributed by atoms with Gasteiger partial charge in [0.2, 0.25) is 10.0 Å². The second-order valence-electron chi connectivity index (χ2n) is 7.52. The molecule has 0 aliphatic carbocycles. The molecule has 0 spiro atoms. The van der Waals surface area contributed by atoms with Crippen LogP contribution in [0.15, 0.2) is 94.2 Å². The zero-order chi connectivity index (χ0) is 26.1. The van der Waals surface area contributed by atoms with E-state index in [0.29, 0.717) is 21.6 Å². The molecule has 13 heteroatoms. The highest BCUT2D eigenvalue weighted by molar-refractivity contribution is 7.92. The third-order valence-corrected chi connectivity index (χ3v) is 8.33. The number of hydrogen-bond acceptors (Lipinski definition) is 6. The van der Waals surface area contributed by atoms with Crippen molar-refractivity contribution in [3.05, 3.63) is 95.6 Å². The molecule has 4 rings (SSSR count). The summed E-state index contributed by atoms with van der Waals surface area (Å²) in [5, 5.41) is 5.22. The summed E-state index contributed by atoms with van der Waals surface area (Å²) in [6.45, 7) is 4.01. The van der Waals surface area contributed by atoms with Crippen molar-refractivity contribution < 1.29 is 26.0 Å². The fourth-order valence-corrected chi connectivity index (χ4v) is 6.06. The Bertz CT molecular complexity index is 1770. The first-order valence-electron chi connectivity index (χ1n) is 10.2. The Morgan fingerprint density at radius 2 is 1.75 bits per heavy atom. The van der Waals surface area contributed by atoms with Gasteiger partial charge in [0.25, 0.3) is 15.9 Å². The lowest BCUT2D eigenvalue weighted by Gasteiger charge is -2.09. The Kier molecular flexibility index (Phi) is 6.91. The van der Waals surface area contributed by atoms with Crippen LogP contribution < -0.4 is 14.7 Å². The van der Waals surface area contributed by atoms with E-state index in [0.717, 1.165) is 35.6 Å². The van der Waals surface area contributed by atoms with E-state index in [9.17, 15) is 26.0 Å². The summed E-state index contributed by atoms with van der Waals surface area (Å²) in [6.07, 6.45) is 1.61. The van der Waals surface area contributed by atoms with Gasteiger partial charge in [-0.1, -0.05) is 23.5 Å². The molecule has 0 atom stereocenters. The number of sulfonamides is 2. The van der Waals surface area contributed by atoms with Gasteiger partial charge in [0, 0.05) is 17.8 Å². The summed E-state index contributed by atoms with van der Waals surface area (Å²) >= 11 is 1.10. The number of thiazole rings is 1. The van der Waals surface area contributed by atoms with E-state index in [1.807, 2.05) is 0 Å². The van der Waals surface area contributed by atoms with Crippen LogP contribution in [0, 0.1) is 5.82 Å². The molecule has 3 aromatic carbocycles. The molecule has 0 bridgehead atoms. The fourth-order valence-electron chi connectivity index (χ4n) is 3.32. The van der Waals surface area contributed by atoms with E-state index in [2.05, 4.69) is 16.3 Å². The number of amides is 1. The molecule has 0 aliphatic rings. The van der Waals surface area contributed by atoms with Gasteiger partial charge >= 0.3 is 0 Å². The van der Waals surface area contributed by atoms with Crippen molar-refractivity contribution in [3.8, 4) is 0 Å². The number of allylic oxidation sites excluding steroid dienone is 1. The Morgan fingerprint density at radius 3 is 2.42 bits per heavy atom. The average molecular weight is 547 g/mol. The number of nitrogens with zero attached hydrogens (tertiary/aromatic N) is 2. The van der Waals surface area contributed by atoms with Gasteiger partial charge in [-0.2, -0.15) is 4.99 Å². The SMILES string of the molecule is C=CCn1c(=NC(=O)c2cccc(NS(=O)(=O)c3ccc(F)cc3)c2)sc2cc(S(N)(=O)=O)ccc21. The van der Waals surface area contributed by atoms with Crippen LogP contribution in [0.4, 0.5) is 10.1 Å². The maximum absolute atomic E-state index is 13.1. The van der Waals surface area contributed by atoms with Gasteiger partial charge in [0.15, 0.2) is 4.80 Å². The number of aromatic nitrogens is 1. The molecule has 0 aliphatic heterocycles. The van der Waals surface area contributed by atoms with Crippen molar-refractivity contribution in [3.63, 3.8) is 0 Å². The molecule has 0 saturated carbocycles. The van der Waals surface area contributed by atoms with Crippen molar-refractivity contribution in [2.45, 2.75) is 16.3 Å². The lowest BCUT2D eigenvalue weighted by atomic mass is 10.2. The topological polar surface area (TPSA) is 141 Å². The number of benzene rings is 3. The number of nitrogens with one attached hydrogen (secondary N) is 1. The van der Waals surface area contributed by atoms with E-state index in [4.69, 9.17) is 5.14 Å². The molecule has 0 unspecified atom stereocenters. The zero-order valence-electron chi connectivity index (χ0n) is 18.5. The number of hydrogen-bond donors (Lipinski definition) is 2. The highest BCUT2D eigenvalue weighted by Crippen LogP contribution is 2.22. The van der Waals surface area contributed by atoms with Gasteiger partial charge in [0.1, 0.15) is 5.82 Å². The van der Waals surface area contributed by atoms with Crippen molar-refractivity contribution >= 4 is 53.2 Å². The van der Waals surface area contributed by atoms with Gasteiger partial charge < -0.3 is 4.57 Å². The van der Waals surface area contributed by atoms with Crippen molar-refractivity contribution in [2.24, 2.45) is 10.1 Å². The number of carbonyl (C=O) groups is 1. The van der Waals surface area contributed by atoms with E-state index < -0.39 is 31.8 Å². The van der Waals surface area contributed by atoms with Crippen LogP contribution >= 0.6 is 11.3 Å². The number of halogens is 1. The third-order valence-electron chi connectivity index (χ3n) is 4.98. The highest BCUT2D eigenvalue weighted by atomic mass is 32.2. The number of anilines is 1. The van der Waals surface area contributed by atoms with Crippen molar-refractivity contribution in [2.75, 3.05) is 4.72 Å². The number of rotatable bonds is 7. The van der Waals surface area contributed by atoms with Crippen molar-refractivity contribution in [1.29, 1.82) is 0 Å². The Hall–Kier alpha value is -3.65. The van der Waals surface area contributed by atoms with Gasteiger partial charge in [-0.25, -0.2) is 26.4 Å². The van der Waals surface area contributed by atoms with Gasteiger partial charge in [-0.05, 0) is 60.7 Å². The number of primary sulfonamides is 1. The molecule has 9 nitrogen and oxygen atoms in total. The minimum Gasteiger partial charge on any atom is -0.312 e. The van der Waals surface area contributed by atoms with Crippen LogP contribution in [-0.4, -0.2) is 27.3 Å². The van der Waals surface area contributed by atoms with Gasteiger partial charge in [-0.15, -0.1) is 6.58 Å². The molecular formula is C23H19FN4O5S3. The minimum atomic E-state index is -4.01. The second-order valence-corrected chi connectivity index (χ2v) is 11.8. The fraction of sp³-hybridized carbons (Fsp3) is 0.0435. The molecule has 1 aromatic heterocycles.